The molecule has 4 nitrogen and oxygen atoms in total. The zero-order valence-corrected chi connectivity index (χ0v) is 9.59. The van der Waals surface area contributed by atoms with Gasteiger partial charge in [0.25, 0.3) is 0 Å². The predicted molar refractivity (Wildman–Crippen MR) is 63.3 cm³/mol. The number of benzene rings is 1. The van der Waals surface area contributed by atoms with Gasteiger partial charge < -0.3 is 5.32 Å². The standard InChI is InChI=1S/C12H16N4/c1-10(2)13-7-11-4-3-5-12(6-11)16-8-14-15-9-16/h3-6,8-10,13H,7H2,1-2H3. The molecule has 0 spiro atoms. The average molecular weight is 216 g/mol. The first kappa shape index (κ1) is 10.8. The van der Waals surface area contributed by atoms with E-state index in [1.807, 2.05) is 16.7 Å². The van der Waals surface area contributed by atoms with Crippen LogP contribution in [0, 0.1) is 0 Å². The third-order valence-corrected chi connectivity index (χ3v) is 2.34. The maximum atomic E-state index is 3.80. The fourth-order valence-corrected chi connectivity index (χ4v) is 1.48. The summed E-state index contributed by atoms with van der Waals surface area (Å²) >= 11 is 0. The Bertz CT molecular complexity index is 434. The van der Waals surface area contributed by atoms with Gasteiger partial charge in [-0.1, -0.05) is 26.0 Å². The van der Waals surface area contributed by atoms with Gasteiger partial charge in [-0.25, -0.2) is 0 Å². The van der Waals surface area contributed by atoms with Gasteiger partial charge in [0, 0.05) is 18.3 Å². The normalized spacial score (nSPS) is 10.9. The van der Waals surface area contributed by atoms with Gasteiger partial charge in [0.2, 0.25) is 0 Å². The first-order valence-corrected chi connectivity index (χ1v) is 5.43. The third kappa shape index (κ3) is 2.67. The molecule has 0 bridgehead atoms. The molecule has 0 saturated heterocycles. The topological polar surface area (TPSA) is 42.7 Å². The molecule has 16 heavy (non-hydrogen) atoms. The van der Waals surface area contributed by atoms with E-state index in [9.17, 15) is 0 Å². The lowest BCUT2D eigenvalue weighted by Crippen LogP contribution is -2.21. The first-order valence-electron chi connectivity index (χ1n) is 5.43. The van der Waals surface area contributed by atoms with E-state index in [0.29, 0.717) is 6.04 Å². The summed E-state index contributed by atoms with van der Waals surface area (Å²) in [5.41, 5.74) is 2.35. The van der Waals surface area contributed by atoms with Crippen molar-refractivity contribution in [2.45, 2.75) is 26.4 Å². The maximum absolute atomic E-state index is 3.80. The zero-order valence-electron chi connectivity index (χ0n) is 9.59. The van der Waals surface area contributed by atoms with Crippen LogP contribution in [0.1, 0.15) is 19.4 Å². The molecule has 2 aromatic rings. The number of hydrogen-bond acceptors (Lipinski definition) is 3. The summed E-state index contributed by atoms with van der Waals surface area (Å²) in [7, 11) is 0. The second-order valence-corrected chi connectivity index (χ2v) is 4.07. The highest BCUT2D eigenvalue weighted by atomic mass is 15.2. The van der Waals surface area contributed by atoms with Gasteiger partial charge >= 0.3 is 0 Å². The van der Waals surface area contributed by atoms with Crippen LogP contribution in [0.15, 0.2) is 36.9 Å². The lowest BCUT2D eigenvalue weighted by Gasteiger charge is -2.09. The minimum absolute atomic E-state index is 0.499. The number of nitrogens with zero attached hydrogens (tertiary/aromatic N) is 3. The predicted octanol–water partition coefficient (Wildman–Crippen LogP) is 1.77. The van der Waals surface area contributed by atoms with E-state index in [0.717, 1.165) is 12.2 Å². The summed E-state index contributed by atoms with van der Waals surface area (Å²) in [4.78, 5) is 0. The lowest BCUT2D eigenvalue weighted by atomic mass is 10.2. The second kappa shape index (κ2) is 4.90. The Kier molecular flexibility index (Phi) is 3.31. The average Bonchev–Trinajstić information content (AvgIpc) is 2.80. The molecule has 1 aromatic carbocycles. The van der Waals surface area contributed by atoms with Crippen molar-refractivity contribution in [3.8, 4) is 5.69 Å². The highest BCUT2D eigenvalue weighted by Gasteiger charge is 1.99. The van der Waals surface area contributed by atoms with Crippen molar-refractivity contribution < 1.29 is 0 Å². The van der Waals surface area contributed by atoms with Gasteiger partial charge in [0.15, 0.2) is 0 Å². The Balaban J connectivity index is 2.14. The van der Waals surface area contributed by atoms with Crippen LogP contribution in [0.3, 0.4) is 0 Å². The van der Waals surface area contributed by atoms with Crippen LogP contribution >= 0.6 is 0 Å². The Morgan fingerprint density at radius 1 is 1.25 bits per heavy atom. The smallest absolute Gasteiger partial charge is 0.123 e. The number of hydrogen-bond donors (Lipinski definition) is 1. The summed E-state index contributed by atoms with van der Waals surface area (Å²) < 4.78 is 1.90. The van der Waals surface area contributed by atoms with Crippen LogP contribution in [0.2, 0.25) is 0 Å². The molecule has 2 rings (SSSR count). The van der Waals surface area contributed by atoms with Gasteiger partial charge in [-0.15, -0.1) is 10.2 Å². The molecule has 0 saturated carbocycles. The minimum Gasteiger partial charge on any atom is -0.310 e. The molecule has 0 aliphatic heterocycles. The van der Waals surface area contributed by atoms with E-state index in [4.69, 9.17) is 0 Å². The summed E-state index contributed by atoms with van der Waals surface area (Å²) in [5.74, 6) is 0. The molecule has 0 aliphatic carbocycles. The largest absolute Gasteiger partial charge is 0.310 e. The van der Waals surface area contributed by atoms with Gasteiger partial charge in [-0.3, -0.25) is 4.57 Å². The molecule has 0 amide bonds. The lowest BCUT2D eigenvalue weighted by molar-refractivity contribution is 0.588. The van der Waals surface area contributed by atoms with Crippen molar-refractivity contribution in [2.24, 2.45) is 0 Å². The fraction of sp³-hybridized carbons (Fsp3) is 0.333. The number of rotatable bonds is 4. The summed E-state index contributed by atoms with van der Waals surface area (Å²) in [6, 6.07) is 8.84. The first-order chi connectivity index (χ1) is 7.75. The molecule has 1 N–H and O–H groups in total. The quantitative estimate of drug-likeness (QED) is 0.847. The van der Waals surface area contributed by atoms with Gasteiger partial charge in [0.05, 0.1) is 0 Å². The van der Waals surface area contributed by atoms with Gasteiger partial charge in [-0.2, -0.15) is 0 Å². The van der Waals surface area contributed by atoms with Crippen molar-refractivity contribution in [3.63, 3.8) is 0 Å². The molecule has 1 aromatic heterocycles. The summed E-state index contributed by atoms with van der Waals surface area (Å²) in [6.07, 6.45) is 3.41. The van der Waals surface area contributed by atoms with Crippen molar-refractivity contribution in [2.75, 3.05) is 0 Å². The molecule has 1 heterocycles. The molecule has 0 aliphatic rings. The van der Waals surface area contributed by atoms with Crippen molar-refractivity contribution in [3.05, 3.63) is 42.5 Å². The molecule has 4 heteroatoms. The van der Waals surface area contributed by atoms with Crippen molar-refractivity contribution >= 4 is 0 Å². The van der Waals surface area contributed by atoms with E-state index in [1.54, 1.807) is 12.7 Å². The number of aromatic nitrogens is 3. The molecule has 0 atom stereocenters. The fourth-order valence-electron chi connectivity index (χ4n) is 1.48. The Morgan fingerprint density at radius 3 is 2.69 bits per heavy atom. The zero-order chi connectivity index (χ0) is 11.4. The van der Waals surface area contributed by atoms with E-state index < -0.39 is 0 Å². The molecule has 0 fully saturated rings. The third-order valence-electron chi connectivity index (χ3n) is 2.34. The molecular formula is C12H16N4. The van der Waals surface area contributed by atoms with Gasteiger partial charge in [-0.05, 0) is 17.7 Å². The monoisotopic (exact) mass is 216 g/mol. The van der Waals surface area contributed by atoms with Crippen LogP contribution in [-0.2, 0) is 6.54 Å². The van der Waals surface area contributed by atoms with Gasteiger partial charge in [0.1, 0.15) is 12.7 Å². The SMILES string of the molecule is CC(C)NCc1cccc(-n2cnnc2)c1. The Labute approximate surface area is 95.3 Å². The Hall–Kier alpha value is -1.68. The van der Waals surface area contributed by atoms with Crippen LogP contribution in [0.4, 0.5) is 0 Å². The molecular weight excluding hydrogens is 200 g/mol. The van der Waals surface area contributed by atoms with E-state index in [2.05, 4.69) is 41.5 Å². The van der Waals surface area contributed by atoms with Crippen LogP contribution < -0.4 is 5.32 Å². The summed E-state index contributed by atoms with van der Waals surface area (Å²) in [5, 5.41) is 11.0. The van der Waals surface area contributed by atoms with Crippen molar-refractivity contribution in [1.29, 1.82) is 0 Å². The highest BCUT2D eigenvalue weighted by molar-refractivity contribution is 5.35. The molecule has 0 unspecified atom stereocenters. The van der Waals surface area contributed by atoms with E-state index >= 15 is 0 Å². The highest BCUT2D eigenvalue weighted by Crippen LogP contribution is 2.09. The summed E-state index contributed by atoms with van der Waals surface area (Å²) in [6.45, 7) is 5.17. The van der Waals surface area contributed by atoms with E-state index in [1.165, 1.54) is 5.56 Å². The maximum Gasteiger partial charge on any atom is 0.123 e. The van der Waals surface area contributed by atoms with Crippen LogP contribution in [-0.4, -0.2) is 20.8 Å². The minimum atomic E-state index is 0.499. The van der Waals surface area contributed by atoms with Crippen LogP contribution in [0.25, 0.3) is 5.69 Å². The van der Waals surface area contributed by atoms with E-state index in [-0.39, 0.29) is 0 Å². The Morgan fingerprint density at radius 2 is 2.00 bits per heavy atom. The van der Waals surface area contributed by atoms with Crippen LogP contribution in [0.5, 0.6) is 0 Å². The van der Waals surface area contributed by atoms with Crippen molar-refractivity contribution in [1.82, 2.24) is 20.1 Å². The number of nitrogens with one attached hydrogen (secondary N) is 1. The molecule has 0 radical (unpaired) electrons. The molecule has 84 valence electrons. The second-order valence-electron chi connectivity index (χ2n) is 4.07.